The van der Waals surface area contributed by atoms with Crippen LogP contribution in [-0.4, -0.2) is 48.6 Å². The van der Waals surface area contributed by atoms with Crippen LogP contribution in [-0.2, 0) is 4.79 Å². The van der Waals surface area contributed by atoms with Gasteiger partial charge in [0.15, 0.2) is 0 Å². The third-order valence-corrected chi connectivity index (χ3v) is 5.67. The minimum atomic E-state index is 0.00416. The molecule has 0 radical (unpaired) electrons. The summed E-state index contributed by atoms with van der Waals surface area (Å²) in [6.45, 7) is 1.38. The number of methoxy groups -OCH3 is 1. The van der Waals surface area contributed by atoms with Crippen molar-refractivity contribution in [3.63, 3.8) is 0 Å². The summed E-state index contributed by atoms with van der Waals surface area (Å²) in [6.07, 6.45) is 2.68. The maximum Gasteiger partial charge on any atom is 0.232 e. The van der Waals surface area contributed by atoms with E-state index in [0.717, 1.165) is 29.5 Å². The van der Waals surface area contributed by atoms with Gasteiger partial charge in [-0.05, 0) is 42.2 Å². The van der Waals surface area contributed by atoms with E-state index in [4.69, 9.17) is 10.5 Å². The maximum absolute atomic E-state index is 12.3. The Morgan fingerprint density at radius 3 is 2.95 bits per heavy atom. The monoisotopic (exact) mass is 320 g/mol. The van der Waals surface area contributed by atoms with E-state index in [1.54, 1.807) is 18.9 Å². The SMILES string of the molecule is COc1cccc([C@@H]2CN(C(=O)CSCC3CC3)C[C@H]2N)c1. The smallest absolute Gasteiger partial charge is 0.232 e. The molecule has 1 aromatic rings. The third-order valence-electron chi connectivity index (χ3n) is 4.52. The molecule has 4 nitrogen and oxygen atoms in total. The summed E-state index contributed by atoms with van der Waals surface area (Å²) < 4.78 is 5.28. The van der Waals surface area contributed by atoms with E-state index in [1.807, 2.05) is 23.1 Å². The van der Waals surface area contributed by atoms with Gasteiger partial charge in [-0.1, -0.05) is 12.1 Å². The highest BCUT2D eigenvalue weighted by molar-refractivity contribution is 7.99. The molecule has 2 N–H and O–H groups in total. The van der Waals surface area contributed by atoms with Crippen LogP contribution in [0.5, 0.6) is 5.75 Å². The number of benzene rings is 1. The first kappa shape index (κ1) is 15.7. The zero-order valence-electron chi connectivity index (χ0n) is 13.0. The number of amides is 1. The van der Waals surface area contributed by atoms with E-state index in [2.05, 4.69) is 6.07 Å². The van der Waals surface area contributed by atoms with E-state index in [-0.39, 0.29) is 17.9 Å². The van der Waals surface area contributed by atoms with Crippen LogP contribution < -0.4 is 10.5 Å². The molecule has 1 saturated heterocycles. The molecule has 1 aromatic carbocycles. The Morgan fingerprint density at radius 2 is 2.23 bits per heavy atom. The molecule has 1 aliphatic heterocycles. The summed E-state index contributed by atoms with van der Waals surface area (Å²) in [6, 6.07) is 8.02. The molecule has 3 rings (SSSR count). The zero-order valence-corrected chi connectivity index (χ0v) is 13.8. The van der Waals surface area contributed by atoms with Gasteiger partial charge in [0.1, 0.15) is 5.75 Å². The molecule has 0 spiro atoms. The van der Waals surface area contributed by atoms with Gasteiger partial charge < -0.3 is 15.4 Å². The molecule has 2 aliphatic rings. The van der Waals surface area contributed by atoms with Gasteiger partial charge in [0.2, 0.25) is 5.91 Å². The molecule has 22 heavy (non-hydrogen) atoms. The first-order valence-electron chi connectivity index (χ1n) is 7.92. The molecule has 0 bridgehead atoms. The normalized spacial score (nSPS) is 24.5. The van der Waals surface area contributed by atoms with Crippen molar-refractivity contribution < 1.29 is 9.53 Å². The molecule has 1 saturated carbocycles. The van der Waals surface area contributed by atoms with Crippen molar-refractivity contribution in [2.45, 2.75) is 24.8 Å². The van der Waals surface area contributed by atoms with Gasteiger partial charge in [-0.3, -0.25) is 4.79 Å². The summed E-state index contributed by atoms with van der Waals surface area (Å²) in [5.74, 6) is 3.86. The number of nitrogens with zero attached hydrogens (tertiary/aromatic N) is 1. The van der Waals surface area contributed by atoms with Crippen molar-refractivity contribution in [2.24, 2.45) is 11.7 Å². The van der Waals surface area contributed by atoms with Crippen LogP contribution in [0, 0.1) is 5.92 Å². The summed E-state index contributed by atoms with van der Waals surface area (Å²) in [7, 11) is 1.67. The lowest BCUT2D eigenvalue weighted by Gasteiger charge is -2.16. The molecule has 0 unspecified atom stereocenters. The fourth-order valence-electron chi connectivity index (χ4n) is 2.95. The van der Waals surface area contributed by atoms with E-state index in [0.29, 0.717) is 12.3 Å². The number of carbonyl (C=O) groups is 1. The fourth-order valence-corrected chi connectivity index (χ4v) is 4.09. The van der Waals surface area contributed by atoms with Crippen molar-refractivity contribution in [3.05, 3.63) is 29.8 Å². The second-order valence-electron chi connectivity index (χ2n) is 6.30. The van der Waals surface area contributed by atoms with Crippen LogP contribution in [0.1, 0.15) is 24.3 Å². The van der Waals surface area contributed by atoms with Crippen LogP contribution in [0.15, 0.2) is 24.3 Å². The van der Waals surface area contributed by atoms with Crippen LogP contribution in [0.3, 0.4) is 0 Å². The van der Waals surface area contributed by atoms with Crippen molar-refractivity contribution in [1.29, 1.82) is 0 Å². The van der Waals surface area contributed by atoms with Gasteiger partial charge in [0, 0.05) is 25.0 Å². The van der Waals surface area contributed by atoms with Crippen LogP contribution >= 0.6 is 11.8 Å². The standard InChI is InChI=1S/C17H24N2O2S/c1-21-14-4-2-3-13(7-14)15-8-19(9-16(15)18)17(20)11-22-10-12-5-6-12/h2-4,7,12,15-16H,5-6,8-11,18H2,1H3/t15-,16+/m0/s1. The third kappa shape index (κ3) is 3.76. The summed E-state index contributed by atoms with van der Waals surface area (Å²) >= 11 is 1.77. The maximum atomic E-state index is 12.3. The molecule has 2 fully saturated rings. The lowest BCUT2D eigenvalue weighted by molar-refractivity contribution is -0.127. The van der Waals surface area contributed by atoms with Crippen LogP contribution in [0.25, 0.3) is 0 Å². The van der Waals surface area contributed by atoms with Gasteiger partial charge in [0.25, 0.3) is 0 Å². The highest BCUT2D eigenvalue weighted by Gasteiger charge is 2.34. The second kappa shape index (κ2) is 6.92. The average molecular weight is 320 g/mol. The van der Waals surface area contributed by atoms with Gasteiger partial charge in [-0.25, -0.2) is 0 Å². The first-order valence-corrected chi connectivity index (χ1v) is 9.08. The summed E-state index contributed by atoms with van der Waals surface area (Å²) in [4.78, 5) is 14.2. The lowest BCUT2D eigenvalue weighted by Crippen LogP contribution is -2.33. The number of hydrogen-bond donors (Lipinski definition) is 1. The van der Waals surface area contributed by atoms with E-state index < -0.39 is 0 Å². The van der Waals surface area contributed by atoms with Crippen molar-refractivity contribution >= 4 is 17.7 Å². The van der Waals surface area contributed by atoms with Gasteiger partial charge in [-0.2, -0.15) is 11.8 Å². The number of thioether (sulfide) groups is 1. The van der Waals surface area contributed by atoms with E-state index in [1.165, 1.54) is 12.8 Å². The number of hydrogen-bond acceptors (Lipinski definition) is 4. The number of nitrogens with two attached hydrogens (primary N) is 1. The molecular weight excluding hydrogens is 296 g/mol. The number of likely N-dealkylation sites (tertiary alicyclic amines) is 1. The minimum absolute atomic E-state index is 0.00416. The molecule has 1 heterocycles. The highest BCUT2D eigenvalue weighted by Crippen LogP contribution is 2.33. The van der Waals surface area contributed by atoms with Crippen molar-refractivity contribution in [1.82, 2.24) is 4.90 Å². The molecule has 0 aromatic heterocycles. The topological polar surface area (TPSA) is 55.6 Å². The number of rotatable bonds is 6. The molecule has 2 atom stereocenters. The van der Waals surface area contributed by atoms with Gasteiger partial charge in [0.05, 0.1) is 12.9 Å². The van der Waals surface area contributed by atoms with Crippen LogP contribution in [0.4, 0.5) is 0 Å². The van der Waals surface area contributed by atoms with Crippen molar-refractivity contribution in [3.8, 4) is 5.75 Å². The highest BCUT2D eigenvalue weighted by atomic mass is 32.2. The molecule has 120 valence electrons. The second-order valence-corrected chi connectivity index (χ2v) is 7.33. The Kier molecular flexibility index (Phi) is 4.93. The Balaban J connectivity index is 1.56. The Morgan fingerprint density at radius 1 is 1.41 bits per heavy atom. The summed E-state index contributed by atoms with van der Waals surface area (Å²) in [5.41, 5.74) is 7.44. The number of ether oxygens (including phenoxy) is 1. The van der Waals surface area contributed by atoms with E-state index in [9.17, 15) is 4.79 Å². The van der Waals surface area contributed by atoms with E-state index >= 15 is 0 Å². The molecule has 5 heteroatoms. The van der Waals surface area contributed by atoms with Gasteiger partial charge >= 0.3 is 0 Å². The predicted molar refractivity (Wildman–Crippen MR) is 90.3 cm³/mol. The van der Waals surface area contributed by atoms with Crippen LogP contribution in [0.2, 0.25) is 0 Å². The first-order chi connectivity index (χ1) is 10.7. The number of carbonyl (C=O) groups excluding carboxylic acids is 1. The summed E-state index contributed by atoms with van der Waals surface area (Å²) in [5, 5.41) is 0. The minimum Gasteiger partial charge on any atom is -0.497 e. The average Bonchev–Trinajstić information content (AvgIpc) is 3.27. The Bertz CT molecular complexity index is 533. The molecule has 1 amide bonds. The fraction of sp³-hybridized carbons (Fsp3) is 0.588. The Hall–Kier alpha value is -1.20. The Labute approximate surface area is 136 Å². The van der Waals surface area contributed by atoms with Gasteiger partial charge in [-0.15, -0.1) is 0 Å². The molecule has 1 aliphatic carbocycles. The zero-order chi connectivity index (χ0) is 15.5. The van der Waals surface area contributed by atoms with Crippen molar-refractivity contribution in [2.75, 3.05) is 31.7 Å². The lowest BCUT2D eigenvalue weighted by atomic mass is 9.95. The largest absolute Gasteiger partial charge is 0.497 e. The molecular formula is C17H24N2O2S. The quantitative estimate of drug-likeness (QED) is 0.872. The predicted octanol–water partition coefficient (Wildman–Crippen LogP) is 2.09.